The number of nitrogens with two attached hydrogens (primary N) is 1. The van der Waals surface area contributed by atoms with Crippen molar-refractivity contribution in [3.8, 4) is 28.2 Å². The first kappa shape index (κ1) is 13.1. The van der Waals surface area contributed by atoms with Crippen molar-refractivity contribution in [1.29, 1.82) is 0 Å². The van der Waals surface area contributed by atoms with E-state index >= 15 is 0 Å². The average Bonchev–Trinajstić information content (AvgIpc) is 2.90. The summed E-state index contributed by atoms with van der Waals surface area (Å²) in [5.41, 5.74) is 7.89. The molecule has 0 spiro atoms. The molecule has 6 heteroatoms. The van der Waals surface area contributed by atoms with E-state index in [-0.39, 0.29) is 11.6 Å². The molecule has 0 aliphatic carbocycles. The predicted molar refractivity (Wildman–Crippen MR) is 76.1 cm³/mol. The predicted octanol–water partition coefficient (Wildman–Crippen LogP) is 3.13. The Kier molecular flexibility index (Phi) is 3.27. The number of halogens is 1. The monoisotopic (exact) mass is 285 g/mol. The van der Waals surface area contributed by atoms with Crippen molar-refractivity contribution in [1.82, 2.24) is 10.1 Å². The molecular weight excluding hydrogens is 273 g/mol. The number of hydrogen-bond acceptors (Lipinski definition) is 5. The Morgan fingerprint density at radius 3 is 2.81 bits per heavy atom. The number of nitrogens with zero attached hydrogens (tertiary/aromatic N) is 2. The Hall–Kier alpha value is -2.89. The highest BCUT2D eigenvalue weighted by atomic mass is 19.1. The van der Waals surface area contributed by atoms with Crippen molar-refractivity contribution in [2.75, 3.05) is 12.8 Å². The number of aromatic nitrogens is 2. The summed E-state index contributed by atoms with van der Waals surface area (Å²) >= 11 is 0. The molecule has 1 aromatic carbocycles. The van der Waals surface area contributed by atoms with Crippen molar-refractivity contribution < 1.29 is 13.7 Å². The van der Waals surface area contributed by atoms with Crippen molar-refractivity contribution in [2.45, 2.75) is 0 Å². The number of hydrogen-bond donors (Lipinski definition) is 1. The van der Waals surface area contributed by atoms with E-state index in [0.29, 0.717) is 16.9 Å². The summed E-state index contributed by atoms with van der Waals surface area (Å²) in [5, 5.41) is 3.79. The Morgan fingerprint density at radius 1 is 1.24 bits per heavy atom. The molecule has 5 nitrogen and oxygen atoms in total. The van der Waals surface area contributed by atoms with Crippen LogP contribution in [0, 0.1) is 5.82 Å². The van der Waals surface area contributed by atoms with Gasteiger partial charge in [0.1, 0.15) is 0 Å². The summed E-state index contributed by atoms with van der Waals surface area (Å²) in [7, 11) is 1.40. The average molecular weight is 285 g/mol. The minimum absolute atomic E-state index is 0.125. The third-order valence-electron chi connectivity index (χ3n) is 3.08. The van der Waals surface area contributed by atoms with Crippen LogP contribution >= 0.6 is 0 Å². The highest BCUT2D eigenvalue weighted by Gasteiger charge is 2.19. The minimum atomic E-state index is -0.448. The van der Waals surface area contributed by atoms with Gasteiger partial charge in [0.05, 0.1) is 12.7 Å². The summed E-state index contributed by atoms with van der Waals surface area (Å²) in [6.07, 6.45) is 3.32. The Morgan fingerprint density at radius 2 is 2.10 bits per heavy atom. The Balaban J connectivity index is 2.17. The molecule has 0 fully saturated rings. The van der Waals surface area contributed by atoms with Crippen LogP contribution in [0.5, 0.6) is 5.75 Å². The zero-order valence-corrected chi connectivity index (χ0v) is 11.2. The normalized spacial score (nSPS) is 10.6. The van der Waals surface area contributed by atoms with Gasteiger partial charge < -0.3 is 15.0 Å². The smallest absolute Gasteiger partial charge is 0.177 e. The summed E-state index contributed by atoms with van der Waals surface area (Å²) < 4.78 is 23.8. The summed E-state index contributed by atoms with van der Waals surface area (Å²) in [6, 6.07) is 8.06. The van der Waals surface area contributed by atoms with Gasteiger partial charge in [0, 0.05) is 23.5 Å². The van der Waals surface area contributed by atoms with Gasteiger partial charge in [-0.3, -0.25) is 4.98 Å². The maximum Gasteiger partial charge on any atom is 0.177 e. The zero-order chi connectivity index (χ0) is 14.8. The molecular formula is C15H12FN3O2. The lowest BCUT2D eigenvalue weighted by molar-refractivity contribution is 0.386. The molecule has 0 aliphatic rings. The van der Waals surface area contributed by atoms with E-state index in [0.717, 1.165) is 5.56 Å². The zero-order valence-electron chi connectivity index (χ0n) is 11.2. The molecule has 0 unspecified atom stereocenters. The van der Waals surface area contributed by atoms with Crippen molar-refractivity contribution in [2.24, 2.45) is 0 Å². The highest BCUT2D eigenvalue weighted by Crippen LogP contribution is 2.37. The fourth-order valence-corrected chi connectivity index (χ4v) is 2.09. The molecule has 3 rings (SSSR count). The van der Waals surface area contributed by atoms with Crippen LogP contribution in [0.4, 0.5) is 10.2 Å². The third-order valence-corrected chi connectivity index (χ3v) is 3.08. The summed E-state index contributed by atoms with van der Waals surface area (Å²) in [6.45, 7) is 0. The van der Waals surface area contributed by atoms with Gasteiger partial charge in [-0.05, 0) is 24.3 Å². The minimum Gasteiger partial charge on any atom is -0.494 e. The summed E-state index contributed by atoms with van der Waals surface area (Å²) in [5.74, 6) is 0.372. The molecule has 0 atom stereocenters. The van der Waals surface area contributed by atoms with E-state index < -0.39 is 5.82 Å². The van der Waals surface area contributed by atoms with Gasteiger partial charge in [-0.2, -0.15) is 0 Å². The second-order valence-corrected chi connectivity index (χ2v) is 4.36. The van der Waals surface area contributed by atoms with E-state index in [2.05, 4.69) is 10.1 Å². The third kappa shape index (κ3) is 2.31. The van der Waals surface area contributed by atoms with E-state index in [1.807, 2.05) is 6.07 Å². The fraction of sp³-hybridized carbons (Fsp3) is 0.0667. The van der Waals surface area contributed by atoms with Crippen LogP contribution in [-0.4, -0.2) is 17.3 Å². The number of rotatable bonds is 3. The van der Waals surface area contributed by atoms with Crippen LogP contribution in [-0.2, 0) is 0 Å². The standard InChI is InChI=1S/C15H12FN3O2/c1-20-12-7-9(4-5-11(12)16)14-13(15(17)19-21-14)10-3-2-6-18-8-10/h2-8H,1H3,(H2,17,19). The molecule has 0 bridgehead atoms. The van der Waals surface area contributed by atoms with E-state index in [4.69, 9.17) is 15.0 Å². The first-order valence-corrected chi connectivity index (χ1v) is 6.20. The first-order valence-electron chi connectivity index (χ1n) is 6.20. The van der Waals surface area contributed by atoms with Crippen molar-refractivity contribution in [3.63, 3.8) is 0 Å². The van der Waals surface area contributed by atoms with Crippen LogP contribution in [0.2, 0.25) is 0 Å². The lowest BCUT2D eigenvalue weighted by Gasteiger charge is -2.05. The molecule has 2 aromatic heterocycles. The van der Waals surface area contributed by atoms with Crippen LogP contribution < -0.4 is 10.5 Å². The molecule has 0 amide bonds. The van der Waals surface area contributed by atoms with E-state index in [1.165, 1.54) is 19.2 Å². The van der Waals surface area contributed by atoms with Gasteiger partial charge in [0.15, 0.2) is 23.1 Å². The lowest BCUT2D eigenvalue weighted by atomic mass is 10.0. The topological polar surface area (TPSA) is 74.2 Å². The molecule has 0 radical (unpaired) electrons. The van der Waals surface area contributed by atoms with Crippen LogP contribution in [0.15, 0.2) is 47.2 Å². The van der Waals surface area contributed by atoms with E-state index in [1.54, 1.807) is 24.5 Å². The quantitative estimate of drug-likeness (QED) is 0.800. The molecule has 106 valence electrons. The number of nitrogen functional groups attached to an aromatic ring is 1. The van der Waals surface area contributed by atoms with Gasteiger partial charge in [-0.25, -0.2) is 4.39 Å². The highest BCUT2D eigenvalue weighted by molar-refractivity contribution is 5.86. The van der Waals surface area contributed by atoms with Crippen LogP contribution in [0.3, 0.4) is 0 Å². The maximum absolute atomic E-state index is 13.5. The van der Waals surface area contributed by atoms with Crippen molar-refractivity contribution in [3.05, 3.63) is 48.5 Å². The Labute approximate surface area is 120 Å². The van der Waals surface area contributed by atoms with Crippen LogP contribution in [0.1, 0.15) is 0 Å². The number of pyridine rings is 1. The van der Waals surface area contributed by atoms with Gasteiger partial charge in [0.25, 0.3) is 0 Å². The Bertz CT molecular complexity index is 772. The fourth-order valence-electron chi connectivity index (χ4n) is 2.09. The number of ether oxygens (including phenoxy) is 1. The summed E-state index contributed by atoms with van der Waals surface area (Å²) in [4.78, 5) is 4.05. The number of benzene rings is 1. The molecule has 21 heavy (non-hydrogen) atoms. The molecule has 2 N–H and O–H groups in total. The number of anilines is 1. The van der Waals surface area contributed by atoms with Gasteiger partial charge >= 0.3 is 0 Å². The SMILES string of the molecule is COc1cc(-c2onc(N)c2-c2cccnc2)ccc1F. The molecule has 0 saturated heterocycles. The van der Waals surface area contributed by atoms with Crippen molar-refractivity contribution >= 4 is 5.82 Å². The maximum atomic E-state index is 13.5. The lowest BCUT2D eigenvalue weighted by Crippen LogP contribution is -1.91. The van der Waals surface area contributed by atoms with E-state index in [9.17, 15) is 4.39 Å². The molecule has 2 heterocycles. The van der Waals surface area contributed by atoms with Gasteiger partial charge in [-0.15, -0.1) is 0 Å². The first-order chi connectivity index (χ1) is 10.2. The molecule has 0 aliphatic heterocycles. The second-order valence-electron chi connectivity index (χ2n) is 4.36. The molecule has 0 saturated carbocycles. The van der Waals surface area contributed by atoms with Crippen LogP contribution in [0.25, 0.3) is 22.5 Å². The number of methoxy groups -OCH3 is 1. The largest absolute Gasteiger partial charge is 0.494 e. The van der Waals surface area contributed by atoms with Gasteiger partial charge in [0.2, 0.25) is 0 Å². The molecule has 3 aromatic rings. The van der Waals surface area contributed by atoms with Gasteiger partial charge in [-0.1, -0.05) is 11.2 Å². The second kappa shape index (κ2) is 5.24.